The molecule has 3 aromatic heterocycles. The molecule has 0 saturated heterocycles. The molecule has 14 heteroatoms. The number of fused-ring (bicyclic) bond motifs is 1. The zero-order valence-electron chi connectivity index (χ0n) is 20.6. The Morgan fingerprint density at radius 1 is 1.26 bits per heavy atom. The fourth-order valence-electron chi connectivity index (χ4n) is 4.85. The second-order valence-corrected chi connectivity index (χ2v) is 11.3. The fourth-order valence-corrected chi connectivity index (χ4v) is 6.09. The van der Waals surface area contributed by atoms with E-state index in [0.29, 0.717) is 47.6 Å². The molecule has 2 fully saturated rings. The summed E-state index contributed by atoms with van der Waals surface area (Å²) in [6, 6.07) is 1.15. The summed E-state index contributed by atoms with van der Waals surface area (Å²) in [5.74, 6) is -0.0943. The van der Waals surface area contributed by atoms with Crippen LogP contribution in [0.15, 0.2) is 12.4 Å². The molecular weight excluding hydrogens is 521 g/mol. The van der Waals surface area contributed by atoms with Crippen molar-refractivity contribution in [2.75, 3.05) is 17.2 Å². The zero-order valence-corrected chi connectivity index (χ0v) is 21.4. The summed E-state index contributed by atoms with van der Waals surface area (Å²) in [5, 5.41) is 21.3. The van der Waals surface area contributed by atoms with Gasteiger partial charge in [-0.2, -0.15) is 5.10 Å². The van der Waals surface area contributed by atoms with Crippen molar-refractivity contribution in [3.05, 3.63) is 34.1 Å². The van der Waals surface area contributed by atoms with Crippen LogP contribution in [0.25, 0.3) is 0 Å². The van der Waals surface area contributed by atoms with Crippen LogP contribution >= 0.6 is 11.3 Å². The molecule has 0 bridgehead atoms. The SMILES string of the molecule is Cn1nc(C(F)F)cc1Nc1nncn1C1CCc2sc(NC(=O)[C@H]3C[C@H]3F)c(C(=O)NCC3CC3)c2C1. The smallest absolute Gasteiger partial charge is 0.282 e. The minimum absolute atomic E-state index is 0.116. The van der Waals surface area contributed by atoms with E-state index in [1.54, 1.807) is 13.4 Å². The van der Waals surface area contributed by atoms with Gasteiger partial charge in [0, 0.05) is 30.6 Å². The third-order valence-electron chi connectivity index (χ3n) is 7.33. The first-order valence-corrected chi connectivity index (χ1v) is 13.5. The summed E-state index contributed by atoms with van der Waals surface area (Å²) < 4.78 is 42.8. The lowest BCUT2D eigenvalue weighted by Gasteiger charge is -2.25. The molecule has 0 radical (unpaired) electrons. The summed E-state index contributed by atoms with van der Waals surface area (Å²) in [4.78, 5) is 26.9. The summed E-state index contributed by atoms with van der Waals surface area (Å²) in [7, 11) is 1.56. The number of amides is 2. The maximum absolute atomic E-state index is 13.5. The van der Waals surface area contributed by atoms with Crippen LogP contribution in [-0.4, -0.2) is 49.1 Å². The van der Waals surface area contributed by atoms with Crippen LogP contribution in [0.3, 0.4) is 0 Å². The Kier molecular flexibility index (Phi) is 6.36. The molecule has 3 N–H and O–H groups in total. The van der Waals surface area contributed by atoms with Crippen LogP contribution < -0.4 is 16.0 Å². The predicted octanol–water partition coefficient (Wildman–Crippen LogP) is 3.92. The highest BCUT2D eigenvalue weighted by atomic mass is 32.1. The molecule has 3 aliphatic rings. The topological polar surface area (TPSA) is 119 Å². The van der Waals surface area contributed by atoms with Crippen LogP contribution in [0.4, 0.5) is 29.9 Å². The van der Waals surface area contributed by atoms with Gasteiger partial charge in [0.2, 0.25) is 11.9 Å². The standard InChI is InChI=1S/C24H27F3N8O2S/c1-34-18(8-16(33-34)20(26)27)30-24-32-29-10-35(24)12-4-5-17-14(6-12)19(22(37)28-9-11-2-3-11)23(38-17)31-21(36)13-7-15(13)25/h8,10-13,15,20H,2-7,9H2,1H3,(H,28,37)(H,30,32)(H,31,36)/t12?,13-,15+/m0/s1. The summed E-state index contributed by atoms with van der Waals surface area (Å²) in [6.07, 6.45) is 2.01. The highest BCUT2D eigenvalue weighted by molar-refractivity contribution is 7.17. The Labute approximate surface area is 220 Å². The van der Waals surface area contributed by atoms with Gasteiger partial charge in [-0.15, -0.1) is 21.5 Å². The van der Waals surface area contributed by atoms with Gasteiger partial charge in [-0.3, -0.25) is 18.8 Å². The molecule has 1 unspecified atom stereocenters. The zero-order chi connectivity index (χ0) is 26.6. The Bertz CT molecular complexity index is 1380. The van der Waals surface area contributed by atoms with Gasteiger partial charge in [0.05, 0.1) is 11.5 Å². The van der Waals surface area contributed by atoms with E-state index in [0.717, 1.165) is 29.7 Å². The number of nitrogens with one attached hydrogen (secondary N) is 3. The van der Waals surface area contributed by atoms with E-state index < -0.39 is 24.4 Å². The van der Waals surface area contributed by atoms with Crippen molar-refractivity contribution in [2.45, 2.75) is 57.2 Å². The predicted molar refractivity (Wildman–Crippen MR) is 134 cm³/mol. The van der Waals surface area contributed by atoms with Crippen LogP contribution in [0.1, 0.15) is 64.6 Å². The largest absolute Gasteiger partial charge is 0.352 e. The number of hydrogen-bond acceptors (Lipinski definition) is 7. The molecule has 6 rings (SSSR count). The van der Waals surface area contributed by atoms with E-state index in [-0.39, 0.29) is 24.1 Å². The number of aryl methyl sites for hydroxylation is 2. The maximum atomic E-state index is 13.5. The number of carbonyl (C=O) groups is 2. The quantitative estimate of drug-likeness (QED) is 0.373. The molecule has 0 aliphatic heterocycles. The molecule has 3 aromatic rings. The van der Waals surface area contributed by atoms with Crippen molar-refractivity contribution in [2.24, 2.45) is 18.9 Å². The maximum Gasteiger partial charge on any atom is 0.282 e. The highest BCUT2D eigenvalue weighted by Crippen LogP contribution is 2.43. The number of hydrogen-bond donors (Lipinski definition) is 3. The normalized spacial score (nSPS) is 22.3. The van der Waals surface area contributed by atoms with Crippen molar-refractivity contribution in [1.29, 1.82) is 0 Å². The second-order valence-electron chi connectivity index (χ2n) is 10.2. The van der Waals surface area contributed by atoms with Gasteiger partial charge in [0.1, 0.15) is 29.0 Å². The number of alkyl halides is 3. The molecule has 38 heavy (non-hydrogen) atoms. The number of halogens is 3. The molecule has 0 spiro atoms. The van der Waals surface area contributed by atoms with Crippen molar-refractivity contribution >= 4 is 39.9 Å². The highest BCUT2D eigenvalue weighted by Gasteiger charge is 2.44. The summed E-state index contributed by atoms with van der Waals surface area (Å²) in [5.41, 5.74) is 0.946. The van der Waals surface area contributed by atoms with E-state index in [1.807, 2.05) is 4.57 Å². The van der Waals surface area contributed by atoms with Gasteiger partial charge >= 0.3 is 0 Å². The van der Waals surface area contributed by atoms with Crippen LogP contribution in [0.2, 0.25) is 0 Å². The second kappa shape index (κ2) is 9.71. The molecule has 202 valence electrons. The molecular formula is C24H27F3N8O2S. The van der Waals surface area contributed by atoms with Crippen molar-refractivity contribution in [3.8, 4) is 0 Å². The minimum atomic E-state index is -2.69. The first-order valence-electron chi connectivity index (χ1n) is 12.6. The Balaban J connectivity index is 1.26. The van der Waals surface area contributed by atoms with Gasteiger partial charge in [-0.05, 0) is 50.0 Å². The van der Waals surface area contributed by atoms with Crippen molar-refractivity contribution < 1.29 is 22.8 Å². The number of aromatic nitrogens is 5. The lowest BCUT2D eigenvalue weighted by molar-refractivity contribution is -0.117. The molecule has 3 heterocycles. The van der Waals surface area contributed by atoms with Crippen LogP contribution in [0, 0.1) is 11.8 Å². The van der Waals surface area contributed by atoms with Gasteiger partial charge in [0.25, 0.3) is 12.3 Å². The van der Waals surface area contributed by atoms with Gasteiger partial charge in [-0.1, -0.05) is 0 Å². The van der Waals surface area contributed by atoms with E-state index in [4.69, 9.17) is 0 Å². The number of rotatable bonds is 9. The Hall–Kier alpha value is -3.42. The number of anilines is 3. The molecule has 3 aliphatic carbocycles. The van der Waals surface area contributed by atoms with Crippen LogP contribution in [-0.2, 0) is 24.7 Å². The average Bonchev–Trinajstić information content (AvgIpc) is 3.72. The first-order chi connectivity index (χ1) is 18.3. The van der Waals surface area contributed by atoms with E-state index in [2.05, 4.69) is 31.2 Å². The monoisotopic (exact) mass is 548 g/mol. The summed E-state index contributed by atoms with van der Waals surface area (Å²) in [6.45, 7) is 0.584. The first kappa shape index (κ1) is 24.9. The molecule has 3 atom stereocenters. The van der Waals surface area contributed by atoms with Crippen molar-refractivity contribution in [3.63, 3.8) is 0 Å². The number of carbonyl (C=O) groups excluding carboxylic acids is 2. The minimum Gasteiger partial charge on any atom is -0.352 e. The fraction of sp³-hybridized carbons (Fsp3) is 0.542. The van der Waals surface area contributed by atoms with Gasteiger partial charge in [0.15, 0.2) is 0 Å². The molecule has 2 amide bonds. The third-order valence-corrected chi connectivity index (χ3v) is 8.53. The number of thiophene rings is 1. The lowest BCUT2D eigenvalue weighted by atomic mass is 9.91. The Morgan fingerprint density at radius 3 is 2.74 bits per heavy atom. The third kappa shape index (κ3) is 4.88. The van der Waals surface area contributed by atoms with E-state index in [9.17, 15) is 22.8 Å². The lowest BCUT2D eigenvalue weighted by Crippen LogP contribution is -2.29. The molecule has 2 saturated carbocycles. The summed E-state index contributed by atoms with van der Waals surface area (Å²) >= 11 is 1.37. The van der Waals surface area contributed by atoms with E-state index in [1.165, 1.54) is 22.1 Å². The van der Waals surface area contributed by atoms with Crippen molar-refractivity contribution in [1.82, 2.24) is 29.9 Å². The molecule has 0 aromatic carbocycles. The molecule has 10 nitrogen and oxygen atoms in total. The van der Waals surface area contributed by atoms with Crippen LogP contribution in [0.5, 0.6) is 0 Å². The average molecular weight is 549 g/mol. The van der Waals surface area contributed by atoms with Gasteiger partial charge in [-0.25, -0.2) is 13.2 Å². The number of nitrogens with zero attached hydrogens (tertiary/aromatic N) is 5. The van der Waals surface area contributed by atoms with E-state index >= 15 is 0 Å². The van der Waals surface area contributed by atoms with Gasteiger partial charge < -0.3 is 16.0 Å². The Morgan fingerprint density at radius 2 is 2.05 bits per heavy atom.